The molecule has 1 aromatic heterocycles. The zero-order valence-corrected chi connectivity index (χ0v) is 10.7. The third-order valence-electron chi connectivity index (χ3n) is 2.86. The average Bonchev–Trinajstić information content (AvgIpc) is 2.46. The van der Waals surface area contributed by atoms with Crippen molar-refractivity contribution in [2.75, 3.05) is 6.61 Å². The predicted octanol–water partition coefficient (Wildman–Crippen LogP) is 3.20. The Bertz CT molecular complexity index is 518. The number of nitrogens with zero attached hydrogens (tertiary/aromatic N) is 1. The molecule has 3 rings (SSSR count). The van der Waals surface area contributed by atoms with Crippen molar-refractivity contribution in [1.29, 1.82) is 0 Å². The zero-order valence-electron chi connectivity index (χ0n) is 9.87. The first-order chi connectivity index (χ1) is 8.93. The average molecular weight is 258 g/mol. The maximum atomic E-state index is 5.59. The van der Waals surface area contributed by atoms with Crippen LogP contribution >= 0.6 is 11.9 Å². The Hall–Kier alpha value is -1.52. The van der Waals surface area contributed by atoms with E-state index < -0.39 is 0 Å². The van der Waals surface area contributed by atoms with Crippen LogP contribution in [0.15, 0.2) is 53.6 Å². The number of pyridine rings is 1. The van der Waals surface area contributed by atoms with Crippen LogP contribution in [0.2, 0.25) is 0 Å². The molecule has 0 aliphatic carbocycles. The first kappa shape index (κ1) is 11.6. The van der Waals surface area contributed by atoms with E-state index in [4.69, 9.17) is 4.74 Å². The van der Waals surface area contributed by atoms with E-state index in [9.17, 15) is 0 Å². The van der Waals surface area contributed by atoms with Crippen molar-refractivity contribution >= 4 is 11.9 Å². The summed E-state index contributed by atoms with van der Waals surface area (Å²) in [7, 11) is 0. The predicted molar refractivity (Wildman–Crippen MR) is 72.5 cm³/mol. The van der Waals surface area contributed by atoms with E-state index >= 15 is 0 Å². The maximum absolute atomic E-state index is 5.59. The normalized spacial score (nSPS) is 17.9. The Kier molecular flexibility index (Phi) is 3.48. The molecule has 1 atom stereocenters. The Balaban J connectivity index is 1.71. The van der Waals surface area contributed by atoms with Gasteiger partial charge in [0.1, 0.15) is 11.4 Å². The van der Waals surface area contributed by atoms with Gasteiger partial charge >= 0.3 is 0 Å². The zero-order chi connectivity index (χ0) is 12.2. The highest BCUT2D eigenvalue weighted by Crippen LogP contribution is 2.31. The van der Waals surface area contributed by atoms with E-state index in [2.05, 4.69) is 21.8 Å². The van der Waals surface area contributed by atoms with Gasteiger partial charge in [0.2, 0.25) is 0 Å². The highest BCUT2D eigenvalue weighted by Gasteiger charge is 2.22. The summed E-state index contributed by atoms with van der Waals surface area (Å²) in [6.45, 7) is 0.742. The fourth-order valence-electron chi connectivity index (χ4n) is 1.95. The molecule has 4 heteroatoms. The van der Waals surface area contributed by atoms with Crippen LogP contribution in [0.1, 0.15) is 18.2 Å². The van der Waals surface area contributed by atoms with Gasteiger partial charge in [-0.15, -0.1) is 0 Å². The molecular formula is C14H14N2OS. The van der Waals surface area contributed by atoms with Gasteiger partial charge in [-0.1, -0.05) is 18.2 Å². The fourth-order valence-corrected chi connectivity index (χ4v) is 2.75. The number of ether oxygens (including phenoxy) is 1. The van der Waals surface area contributed by atoms with Gasteiger partial charge < -0.3 is 4.74 Å². The van der Waals surface area contributed by atoms with Gasteiger partial charge in [0.15, 0.2) is 0 Å². The minimum absolute atomic E-state index is 0.250. The molecule has 0 spiro atoms. The van der Waals surface area contributed by atoms with Crippen LogP contribution in [-0.4, -0.2) is 11.6 Å². The van der Waals surface area contributed by atoms with Gasteiger partial charge in [0.05, 0.1) is 12.6 Å². The molecular weight excluding hydrogens is 244 g/mol. The Labute approximate surface area is 111 Å². The molecule has 0 amide bonds. The summed E-state index contributed by atoms with van der Waals surface area (Å²) in [5.74, 6) is 0.898. The number of rotatable bonds is 3. The SMILES string of the molecule is c1ccc(SNC2CCOc3cccnc32)cc1. The molecule has 0 saturated heterocycles. The number of nitrogens with one attached hydrogen (secondary N) is 1. The van der Waals surface area contributed by atoms with Crippen molar-refractivity contribution in [3.05, 3.63) is 54.4 Å². The minimum Gasteiger partial charge on any atom is -0.492 e. The summed E-state index contributed by atoms with van der Waals surface area (Å²) >= 11 is 1.64. The Morgan fingerprint density at radius 3 is 2.94 bits per heavy atom. The number of hydrogen-bond donors (Lipinski definition) is 1. The summed E-state index contributed by atoms with van der Waals surface area (Å²) < 4.78 is 9.06. The highest BCUT2D eigenvalue weighted by molar-refractivity contribution is 7.97. The fraction of sp³-hybridized carbons (Fsp3) is 0.214. The van der Waals surface area contributed by atoms with Gasteiger partial charge in [-0.05, 0) is 36.2 Å². The molecule has 3 nitrogen and oxygen atoms in total. The number of fused-ring (bicyclic) bond motifs is 1. The van der Waals surface area contributed by atoms with Crippen LogP contribution in [0.25, 0.3) is 0 Å². The van der Waals surface area contributed by atoms with Crippen LogP contribution in [0.4, 0.5) is 0 Å². The lowest BCUT2D eigenvalue weighted by atomic mass is 10.1. The summed E-state index contributed by atoms with van der Waals surface area (Å²) in [5.41, 5.74) is 1.01. The van der Waals surface area contributed by atoms with Gasteiger partial charge in [-0.25, -0.2) is 0 Å². The first-order valence-electron chi connectivity index (χ1n) is 5.98. The molecule has 1 aliphatic heterocycles. The van der Waals surface area contributed by atoms with Crippen LogP contribution in [0.3, 0.4) is 0 Å². The molecule has 0 bridgehead atoms. The van der Waals surface area contributed by atoms with Crippen LogP contribution in [-0.2, 0) is 0 Å². The van der Waals surface area contributed by atoms with E-state index in [-0.39, 0.29) is 6.04 Å². The molecule has 18 heavy (non-hydrogen) atoms. The summed E-state index contributed by atoms with van der Waals surface area (Å²) in [6, 6.07) is 14.4. The molecule has 1 aliphatic rings. The second-order valence-electron chi connectivity index (χ2n) is 4.11. The lowest BCUT2D eigenvalue weighted by molar-refractivity contribution is 0.260. The third-order valence-corrected chi connectivity index (χ3v) is 3.77. The van der Waals surface area contributed by atoms with E-state index in [1.165, 1.54) is 4.90 Å². The molecule has 2 aromatic rings. The molecule has 0 fully saturated rings. The topological polar surface area (TPSA) is 34.1 Å². The highest BCUT2D eigenvalue weighted by atomic mass is 32.2. The molecule has 1 aromatic carbocycles. The lowest BCUT2D eigenvalue weighted by Crippen LogP contribution is -2.23. The lowest BCUT2D eigenvalue weighted by Gasteiger charge is -2.24. The van der Waals surface area contributed by atoms with Crippen molar-refractivity contribution in [2.45, 2.75) is 17.4 Å². The summed E-state index contributed by atoms with van der Waals surface area (Å²) in [5, 5.41) is 0. The monoisotopic (exact) mass is 258 g/mol. The van der Waals surface area contributed by atoms with Crippen molar-refractivity contribution < 1.29 is 4.74 Å². The van der Waals surface area contributed by atoms with Gasteiger partial charge in [0.25, 0.3) is 0 Å². The second kappa shape index (κ2) is 5.42. The standard InChI is InChI=1S/C14H14N2OS/c1-2-5-11(6-3-1)18-16-12-8-10-17-13-7-4-9-15-14(12)13/h1-7,9,12,16H,8,10H2. The van der Waals surface area contributed by atoms with Crippen molar-refractivity contribution in [2.24, 2.45) is 0 Å². The molecule has 92 valence electrons. The van der Waals surface area contributed by atoms with Gasteiger partial charge in [-0.2, -0.15) is 0 Å². The van der Waals surface area contributed by atoms with Crippen molar-refractivity contribution in [3.63, 3.8) is 0 Å². The summed E-state index contributed by atoms with van der Waals surface area (Å²) in [6.07, 6.45) is 2.76. The maximum Gasteiger partial charge on any atom is 0.142 e. The Morgan fingerprint density at radius 1 is 1.17 bits per heavy atom. The van der Waals surface area contributed by atoms with E-state index in [1.54, 1.807) is 11.9 Å². The first-order valence-corrected chi connectivity index (χ1v) is 6.80. The van der Waals surface area contributed by atoms with E-state index in [0.29, 0.717) is 0 Å². The van der Waals surface area contributed by atoms with Crippen LogP contribution in [0, 0.1) is 0 Å². The van der Waals surface area contributed by atoms with E-state index in [1.807, 2.05) is 36.5 Å². The van der Waals surface area contributed by atoms with Crippen LogP contribution in [0.5, 0.6) is 5.75 Å². The van der Waals surface area contributed by atoms with Gasteiger partial charge in [0, 0.05) is 17.5 Å². The van der Waals surface area contributed by atoms with E-state index in [0.717, 1.165) is 24.5 Å². The number of aromatic nitrogens is 1. The molecule has 1 unspecified atom stereocenters. The third kappa shape index (κ3) is 2.49. The van der Waals surface area contributed by atoms with Crippen molar-refractivity contribution in [1.82, 2.24) is 9.71 Å². The molecule has 0 saturated carbocycles. The molecule has 2 heterocycles. The Morgan fingerprint density at radius 2 is 2.06 bits per heavy atom. The largest absolute Gasteiger partial charge is 0.492 e. The number of benzene rings is 1. The van der Waals surface area contributed by atoms with Crippen LogP contribution < -0.4 is 9.46 Å². The summed E-state index contributed by atoms with van der Waals surface area (Å²) in [4.78, 5) is 5.62. The van der Waals surface area contributed by atoms with Gasteiger partial charge in [-0.3, -0.25) is 9.71 Å². The second-order valence-corrected chi connectivity index (χ2v) is 5.02. The smallest absolute Gasteiger partial charge is 0.142 e. The molecule has 1 N–H and O–H groups in total. The van der Waals surface area contributed by atoms with Crippen molar-refractivity contribution in [3.8, 4) is 5.75 Å². The number of hydrogen-bond acceptors (Lipinski definition) is 4. The molecule has 0 radical (unpaired) electrons. The quantitative estimate of drug-likeness (QED) is 0.857. The minimum atomic E-state index is 0.250.